The molecular weight excluding hydrogens is 369 g/mol. The Balaban J connectivity index is 2.04. The molecule has 0 aliphatic rings. The highest BCUT2D eigenvalue weighted by Gasteiger charge is 2.31. The van der Waals surface area contributed by atoms with Gasteiger partial charge in [0, 0.05) is 24.1 Å². The van der Waals surface area contributed by atoms with Gasteiger partial charge in [-0.3, -0.25) is 4.40 Å². The zero-order chi connectivity index (χ0) is 19.9. The lowest BCUT2D eigenvalue weighted by atomic mass is 10.1. The average molecular weight is 384 g/mol. The van der Waals surface area contributed by atoms with E-state index in [0.717, 1.165) is 17.8 Å². The van der Waals surface area contributed by atoms with Crippen molar-refractivity contribution in [3.8, 4) is 23.6 Å². The fourth-order valence-electron chi connectivity index (χ4n) is 3.28. The number of aliphatic hydroxyl groups excluding tert-OH is 1. The number of hydrogen-bond donors (Lipinski definition) is 2. The number of hydrogen-bond acceptors (Lipinski definition) is 3. The van der Waals surface area contributed by atoms with Gasteiger partial charge in [-0.25, -0.2) is 9.97 Å². The van der Waals surface area contributed by atoms with Crippen LogP contribution in [0.3, 0.4) is 0 Å². The van der Waals surface area contributed by atoms with Crippen LogP contribution in [0.2, 0.25) is 0 Å². The fraction of sp³-hybridized carbons (Fsp3) is 0.200. The molecule has 0 aliphatic heterocycles. The van der Waals surface area contributed by atoms with Crippen LogP contribution in [0, 0.1) is 12.3 Å². The molecule has 28 heavy (non-hydrogen) atoms. The van der Waals surface area contributed by atoms with Gasteiger partial charge in [-0.05, 0) is 37.1 Å². The molecule has 3 heterocycles. The quantitative estimate of drug-likeness (QED) is 0.526. The first kappa shape index (κ1) is 18.1. The van der Waals surface area contributed by atoms with E-state index in [1.807, 2.05) is 0 Å². The summed E-state index contributed by atoms with van der Waals surface area (Å²) in [6.45, 7) is 0.0264. The minimum Gasteiger partial charge on any atom is -0.396 e. The van der Waals surface area contributed by atoms with Crippen molar-refractivity contribution in [2.75, 3.05) is 6.61 Å². The van der Waals surface area contributed by atoms with E-state index in [0.29, 0.717) is 41.0 Å². The van der Waals surface area contributed by atoms with Gasteiger partial charge in [0.2, 0.25) is 0 Å². The van der Waals surface area contributed by atoms with Gasteiger partial charge >= 0.3 is 6.18 Å². The maximum absolute atomic E-state index is 13.2. The molecule has 0 atom stereocenters. The van der Waals surface area contributed by atoms with Crippen molar-refractivity contribution in [1.29, 1.82) is 0 Å². The van der Waals surface area contributed by atoms with E-state index in [-0.39, 0.29) is 12.1 Å². The normalized spacial score (nSPS) is 12.0. The first-order chi connectivity index (χ1) is 13.4. The van der Waals surface area contributed by atoms with Gasteiger partial charge in [0.15, 0.2) is 5.65 Å². The molecule has 5 nitrogen and oxygen atoms in total. The third-order valence-electron chi connectivity index (χ3n) is 4.57. The van der Waals surface area contributed by atoms with E-state index in [4.69, 9.17) is 11.5 Å². The summed E-state index contributed by atoms with van der Waals surface area (Å²) < 4.78 is 41.2. The van der Waals surface area contributed by atoms with Crippen molar-refractivity contribution in [3.05, 3.63) is 53.6 Å². The second-order valence-corrected chi connectivity index (χ2v) is 6.31. The van der Waals surface area contributed by atoms with Crippen molar-refractivity contribution >= 4 is 16.7 Å². The summed E-state index contributed by atoms with van der Waals surface area (Å²) in [5, 5.41) is 9.11. The number of aliphatic hydroxyl groups is 1. The number of aromatic amines is 1. The molecule has 0 bridgehead atoms. The predicted octanol–water partition coefficient (Wildman–Crippen LogP) is 3.80. The number of nitrogens with zero attached hydrogens (tertiary/aromatic N) is 3. The molecule has 142 valence electrons. The first-order valence-corrected chi connectivity index (χ1v) is 8.56. The summed E-state index contributed by atoms with van der Waals surface area (Å²) in [6.07, 6.45) is 5.42. The first-order valence-electron chi connectivity index (χ1n) is 8.56. The molecule has 4 aromatic rings. The number of imidazole rings is 1. The highest BCUT2D eigenvalue weighted by Crippen LogP contribution is 2.34. The van der Waals surface area contributed by atoms with Crippen molar-refractivity contribution in [3.63, 3.8) is 0 Å². The molecule has 0 aliphatic carbocycles. The maximum atomic E-state index is 13.2. The van der Waals surface area contributed by atoms with Gasteiger partial charge in [0.25, 0.3) is 0 Å². The summed E-state index contributed by atoms with van der Waals surface area (Å²) >= 11 is 0. The molecule has 1 aromatic carbocycles. The summed E-state index contributed by atoms with van der Waals surface area (Å²) in [6, 6.07) is 5.16. The van der Waals surface area contributed by atoms with E-state index < -0.39 is 11.7 Å². The third kappa shape index (κ3) is 2.90. The van der Waals surface area contributed by atoms with Crippen LogP contribution in [0.5, 0.6) is 0 Å². The number of halogens is 3. The standard InChI is InChI=1S/C20H15F3N4O/c1-2-13-11-25-19-18(14-7-8-24-15(14)4-3-9-28)26-16-10-12(20(21,22)23)5-6-17(16)27(13)19/h1,5-8,10-11,24,28H,3-4,9H2. The molecule has 0 amide bonds. The number of H-pyrrole nitrogens is 1. The van der Waals surface area contributed by atoms with Crippen molar-refractivity contribution in [2.45, 2.75) is 19.0 Å². The lowest BCUT2D eigenvalue weighted by Crippen LogP contribution is -2.06. The molecule has 0 radical (unpaired) electrons. The summed E-state index contributed by atoms with van der Waals surface area (Å²) in [5.74, 6) is 2.52. The fourth-order valence-corrected chi connectivity index (χ4v) is 3.28. The number of nitrogens with one attached hydrogen (secondary N) is 1. The highest BCUT2D eigenvalue weighted by molar-refractivity contribution is 5.87. The molecule has 0 saturated heterocycles. The van der Waals surface area contributed by atoms with Crippen molar-refractivity contribution in [1.82, 2.24) is 19.4 Å². The number of aryl methyl sites for hydroxylation is 1. The molecule has 3 aromatic heterocycles. The number of alkyl halides is 3. The van der Waals surface area contributed by atoms with E-state index in [9.17, 15) is 13.2 Å². The smallest absolute Gasteiger partial charge is 0.396 e. The molecule has 0 unspecified atom stereocenters. The molecule has 4 rings (SSSR count). The van der Waals surface area contributed by atoms with Crippen LogP contribution in [-0.2, 0) is 12.6 Å². The summed E-state index contributed by atoms with van der Waals surface area (Å²) in [7, 11) is 0. The Morgan fingerprint density at radius 2 is 2.07 bits per heavy atom. The van der Waals surface area contributed by atoms with Crippen LogP contribution in [0.4, 0.5) is 13.2 Å². The number of benzene rings is 1. The average Bonchev–Trinajstić information content (AvgIpc) is 3.31. The highest BCUT2D eigenvalue weighted by atomic mass is 19.4. The van der Waals surface area contributed by atoms with Crippen LogP contribution in [0.1, 0.15) is 23.4 Å². The Kier molecular flexibility index (Phi) is 4.32. The van der Waals surface area contributed by atoms with Gasteiger partial charge in [0.1, 0.15) is 11.4 Å². The van der Waals surface area contributed by atoms with E-state index >= 15 is 0 Å². The largest absolute Gasteiger partial charge is 0.416 e. The van der Waals surface area contributed by atoms with Gasteiger partial charge in [-0.2, -0.15) is 13.2 Å². The molecule has 2 N–H and O–H groups in total. The SMILES string of the molecule is C#Cc1cnc2c(-c3cc[nH]c3CCCO)nc3cc(C(F)(F)F)ccc3n12. The maximum Gasteiger partial charge on any atom is 0.416 e. The van der Waals surface area contributed by atoms with E-state index in [1.54, 1.807) is 16.7 Å². The van der Waals surface area contributed by atoms with E-state index in [1.165, 1.54) is 12.3 Å². The lowest BCUT2D eigenvalue weighted by molar-refractivity contribution is -0.137. The zero-order valence-corrected chi connectivity index (χ0v) is 14.6. The number of aromatic nitrogens is 4. The third-order valence-corrected chi connectivity index (χ3v) is 4.57. The van der Waals surface area contributed by atoms with Crippen LogP contribution < -0.4 is 0 Å². The van der Waals surface area contributed by atoms with Crippen molar-refractivity contribution < 1.29 is 18.3 Å². The topological polar surface area (TPSA) is 66.2 Å². The summed E-state index contributed by atoms with van der Waals surface area (Å²) in [5.41, 5.74) is 2.69. The van der Waals surface area contributed by atoms with Gasteiger partial charge < -0.3 is 10.1 Å². The van der Waals surface area contributed by atoms with Crippen LogP contribution >= 0.6 is 0 Å². The minimum absolute atomic E-state index is 0.0264. The van der Waals surface area contributed by atoms with Crippen molar-refractivity contribution in [2.24, 2.45) is 0 Å². The lowest BCUT2D eigenvalue weighted by Gasteiger charge is -2.12. The Labute approximate surface area is 157 Å². The molecule has 8 heteroatoms. The predicted molar refractivity (Wildman–Crippen MR) is 98.6 cm³/mol. The van der Waals surface area contributed by atoms with E-state index in [2.05, 4.69) is 20.9 Å². The zero-order valence-electron chi connectivity index (χ0n) is 14.6. The van der Waals surface area contributed by atoms with Crippen LogP contribution in [-0.4, -0.2) is 31.1 Å². The number of terminal acetylenes is 1. The molecule has 0 fully saturated rings. The second-order valence-electron chi connectivity index (χ2n) is 6.31. The number of rotatable bonds is 4. The van der Waals surface area contributed by atoms with Gasteiger partial charge in [-0.15, -0.1) is 6.42 Å². The Bertz CT molecular complexity index is 1210. The monoisotopic (exact) mass is 384 g/mol. The Hall–Kier alpha value is -3.31. The molecule has 0 saturated carbocycles. The Morgan fingerprint density at radius 3 is 2.79 bits per heavy atom. The number of fused-ring (bicyclic) bond motifs is 3. The molecular formula is C20H15F3N4O. The van der Waals surface area contributed by atoms with Gasteiger partial charge in [-0.1, -0.05) is 5.92 Å². The minimum atomic E-state index is -4.48. The Morgan fingerprint density at radius 1 is 1.25 bits per heavy atom. The molecule has 0 spiro atoms. The van der Waals surface area contributed by atoms with Crippen LogP contribution in [0.25, 0.3) is 27.9 Å². The van der Waals surface area contributed by atoms with Crippen LogP contribution in [0.15, 0.2) is 36.7 Å². The van der Waals surface area contributed by atoms with Gasteiger partial charge in [0.05, 0.1) is 22.8 Å². The second kappa shape index (κ2) is 6.69. The summed E-state index contributed by atoms with van der Waals surface area (Å²) in [4.78, 5) is 12.0.